The lowest BCUT2D eigenvalue weighted by Crippen LogP contribution is -1.94. The molecule has 1 unspecified atom stereocenters. The fraction of sp³-hybridized carbons (Fsp3) is 0.222. The Morgan fingerprint density at radius 2 is 2.42 bits per heavy atom. The molecule has 0 N–H and O–H groups in total. The molecule has 3 heteroatoms. The standard InChI is InChI=1S/C9H8BrNO/c10-8-3-1-2-7(6-8)9-4-5-11-12-9/h1-3,5-6,9H,4H2. The summed E-state index contributed by atoms with van der Waals surface area (Å²) < 4.78 is 1.08. The summed E-state index contributed by atoms with van der Waals surface area (Å²) in [4.78, 5) is 5.14. The molecule has 1 aromatic carbocycles. The molecule has 0 radical (unpaired) electrons. The first kappa shape index (κ1) is 7.80. The van der Waals surface area contributed by atoms with Crippen LogP contribution in [0.3, 0.4) is 0 Å². The van der Waals surface area contributed by atoms with Crippen molar-refractivity contribution in [2.45, 2.75) is 12.5 Å². The molecule has 1 atom stereocenters. The summed E-state index contributed by atoms with van der Waals surface area (Å²) in [6.45, 7) is 0. The molecule has 1 aliphatic heterocycles. The molecule has 0 amide bonds. The van der Waals surface area contributed by atoms with Gasteiger partial charge in [-0.05, 0) is 17.7 Å². The third-order valence-electron chi connectivity index (χ3n) is 1.80. The van der Waals surface area contributed by atoms with Crippen LogP contribution in [0.1, 0.15) is 18.1 Å². The van der Waals surface area contributed by atoms with Crippen LogP contribution >= 0.6 is 15.9 Å². The Balaban J connectivity index is 2.22. The fourth-order valence-corrected chi connectivity index (χ4v) is 1.62. The van der Waals surface area contributed by atoms with Crippen molar-refractivity contribution in [1.29, 1.82) is 0 Å². The van der Waals surface area contributed by atoms with Crippen LogP contribution in [-0.2, 0) is 4.84 Å². The average Bonchev–Trinajstić information content (AvgIpc) is 2.56. The monoisotopic (exact) mass is 225 g/mol. The maximum atomic E-state index is 5.14. The molecule has 1 aliphatic rings. The van der Waals surface area contributed by atoms with E-state index in [-0.39, 0.29) is 6.10 Å². The number of benzene rings is 1. The van der Waals surface area contributed by atoms with Gasteiger partial charge in [0.2, 0.25) is 0 Å². The first-order chi connectivity index (χ1) is 5.86. The molecule has 0 fully saturated rings. The Bertz CT molecular complexity index is 303. The van der Waals surface area contributed by atoms with E-state index < -0.39 is 0 Å². The van der Waals surface area contributed by atoms with E-state index in [9.17, 15) is 0 Å². The molecule has 1 heterocycles. The van der Waals surface area contributed by atoms with Gasteiger partial charge in [0.05, 0.1) is 0 Å². The maximum absolute atomic E-state index is 5.14. The second-order valence-electron chi connectivity index (χ2n) is 2.67. The summed E-state index contributed by atoms with van der Waals surface area (Å²) >= 11 is 3.41. The van der Waals surface area contributed by atoms with E-state index in [1.807, 2.05) is 18.2 Å². The van der Waals surface area contributed by atoms with Gasteiger partial charge < -0.3 is 4.84 Å². The third kappa shape index (κ3) is 1.50. The van der Waals surface area contributed by atoms with Gasteiger partial charge in [-0.3, -0.25) is 0 Å². The van der Waals surface area contributed by atoms with Gasteiger partial charge in [-0.15, -0.1) is 0 Å². The van der Waals surface area contributed by atoms with E-state index in [1.54, 1.807) is 6.21 Å². The van der Waals surface area contributed by atoms with Gasteiger partial charge in [0, 0.05) is 17.1 Å². The minimum absolute atomic E-state index is 0.113. The highest BCUT2D eigenvalue weighted by Crippen LogP contribution is 2.26. The van der Waals surface area contributed by atoms with Crippen molar-refractivity contribution in [3.8, 4) is 0 Å². The van der Waals surface area contributed by atoms with Crippen molar-refractivity contribution in [3.63, 3.8) is 0 Å². The van der Waals surface area contributed by atoms with Crippen LogP contribution in [0.5, 0.6) is 0 Å². The zero-order valence-corrected chi connectivity index (χ0v) is 7.99. The molecule has 0 aromatic heterocycles. The summed E-state index contributed by atoms with van der Waals surface area (Å²) in [5.41, 5.74) is 1.17. The number of rotatable bonds is 1. The van der Waals surface area contributed by atoms with Crippen molar-refractivity contribution in [3.05, 3.63) is 34.3 Å². The van der Waals surface area contributed by atoms with Crippen molar-refractivity contribution >= 4 is 22.1 Å². The molecule has 1 aromatic rings. The highest BCUT2D eigenvalue weighted by molar-refractivity contribution is 9.10. The Labute approximate surface area is 79.4 Å². The van der Waals surface area contributed by atoms with Crippen LogP contribution in [0.25, 0.3) is 0 Å². The summed E-state index contributed by atoms with van der Waals surface area (Å²) in [5.74, 6) is 0. The molecular formula is C9H8BrNO. The second kappa shape index (κ2) is 3.27. The number of oxime groups is 1. The lowest BCUT2D eigenvalue weighted by Gasteiger charge is -2.07. The first-order valence-corrected chi connectivity index (χ1v) is 4.58. The first-order valence-electron chi connectivity index (χ1n) is 3.79. The number of nitrogens with zero attached hydrogens (tertiary/aromatic N) is 1. The van der Waals surface area contributed by atoms with Crippen LogP contribution in [-0.4, -0.2) is 6.21 Å². The molecule has 2 nitrogen and oxygen atoms in total. The summed E-state index contributed by atoms with van der Waals surface area (Å²) in [6, 6.07) is 8.10. The van der Waals surface area contributed by atoms with Gasteiger partial charge in [-0.1, -0.05) is 33.2 Å². The largest absolute Gasteiger partial charge is 0.388 e. The average molecular weight is 226 g/mol. The van der Waals surface area contributed by atoms with Crippen LogP contribution < -0.4 is 0 Å². The molecule has 0 aliphatic carbocycles. The van der Waals surface area contributed by atoms with Gasteiger partial charge in [-0.2, -0.15) is 0 Å². The fourth-order valence-electron chi connectivity index (χ4n) is 1.20. The Kier molecular flexibility index (Phi) is 2.13. The molecule has 62 valence electrons. The Morgan fingerprint density at radius 1 is 1.50 bits per heavy atom. The van der Waals surface area contributed by atoms with Gasteiger partial charge in [-0.25, -0.2) is 0 Å². The SMILES string of the molecule is Brc1cccc(C2CC=NO2)c1. The lowest BCUT2D eigenvalue weighted by atomic mass is 10.1. The van der Waals surface area contributed by atoms with Gasteiger partial charge >= 0.3 is 0 Å². The van der Waals surface area contributed by atoms with Crippen molar-refractivity contribution in [1.82, 2.24) is 0 Å². The van der Waals surface area contributed by atoms with Gasteiger partial charge in [0.15, 0.2) is 6.10 Å². The molecule has 0 spiro atoms. The Morgan fingerprint density at radius 3 is 3.08 bits per heavy atom. The maximum Gasteiger partial charge on any atom is 0.157 e. The normalized spacial score (nSPS) is 20.9. The molecule has 0 saturated carbocycles. The van der Waals surface area contributed by atoms with E-state index >= 15 is 0 Å². The van der Waals surface area contributed by atoms with E-state index in [0.717, 1.165) is 10.9 Å². The summed E-state index contributed by atoms with van der Waals surface area (Å²) in [6.07, 6.45) is 2.78. The molecular weight excluding hydrogens is 218 g/mol. The zero-order chi connectivity index (χ0) is 8.39. The Hall–Kier alpha value is -0.830. The predicted octanol–water partition coefficient (Wildman–Crippen LogP) is 2.90. The van der Waals surface area contributed by atoms with Gasteiger partial charge in [0.25, 0.3) is 0 Å². The molecule has 0 saturated heterocycles. The van der Waals surface area contributed by atoms with Crippen LogP contribution in [0.2, 0.25) is 0 Å². The van der Waals surface area contributed by atoms with Crippen molar-refractivity contribution < 1.29 is 4.84 Å². The predicted molar refractivity (Wildman–Crippen MR) is 51.1 cm³/mol. The summed E-state index contributed by atoms with van der Waals surface area (Å²) in [5, 5.41) is 3.73. The number of hydrogen-bond acceptors (Lipinski definition) is 2. The number of hydrogen-bond donors (Lipinski definition) is 0. The van der Waals surface area contributed by atoms with Crippen molar-refractivity contribution in [2.75, 3.05) is 0 Å². The third-order valence-corrected chi connectivity index (χ3v) is 2.30. The van der Waals surface area contributed by atoms with Crippen molar-refractivity contribution in [2.24, 2.45) is 5.16 Å². The highest BCUT2D eigenvalue weighted by atomic mass is 79.9. The minimum Gasteiger partial charge on any atom is -0.388 e. The zero-order valence-electron chi connectivity index (χ0n) is 6.40. The molecule has 12 heavy (non-hydrogen) atoms. The van der Waals surface area contributed by atoms with E-state index in [1.165, 1.54) is 5.56 Å². The van der Waals surface area contributed by atoms with E-state index in [0.29, 0.717) is 0 Å². The van der Waals surface area contributed by atoms with Crippen LogP contribution in [0.4, 0.5) is 0 Å². The van der Waals surface area contributed by atoms with Crippen LogP contribution in [0, 0.1) is 0 Å². The minimum atomic E-state index is 0.113. The second-order valence-corrected chi connectivity index (χ2v) is 3.59. The van der Waals surface area contributed by atoms with Gasteiger partial charge in [0.1, 0.15) is 0 Å². The van der Waals surface area contributed by atoms with Crippen LogP contribution in [0.15, 0.2) is 33.9 Å². The number of halogens is 1. The van der Waals surface area contributed by atoms with E-state index in [2.05, 4.69) is 27.2 Å². The molecule has 0 bridgehead atoms. The topological polar surface area (TPSA) is 21.6 Å². The lowest BCUT2D eigenvalue weighted by molar-refractivity contribution is 0.0857. The highest BCUT2D eigenvalue weighted by Gasteiger charge is 2.15. The summed E-state index contributed by atoms with van der Waals surface area (Å²) in [7, 11) is 0. The molecule has 2 rings (SSSR count). The smallest absolute Gasteiger partial charge is 0.157 e. The quantitative estimate of drug-likeness (QED) is 0.721. The van der Waals surface area contributed by atoms with E-state index in [4.69, 9.17) is 4.84 Å².